The first-order valence-corrected chi connectivity index (χ1v) is 7.84. The summed E-state index contributed by atoms with van der Waals surface area (Å²) < 4.78 is 10.5. The predicted molar refractivity (Wildman–Crippen MR) is 85.1 cm³/mol. The van der Waals surface area contributed by atoms with E-state index in [1.165, 1.54) is 0 Å². The molecule has 7 heteroatoms. The third-order valence-corrected chi connectivity index (χ3v) is 4.08. The summed E-state index contributed by atoms with van der Waals surface area (Å²) in [6.07, 6.45) is 1.68. The summed E-state index contributed by atoms with van der Waals surface area (Å²) in [5, 5.41) is 12.3. The number of nitrogens with one attached hydrogen (secondary N) is 1. The standard InChI is InChI=1S/C16H20ClNO5/c1-22-6-7-23-14-5-3-11(17)9-13(14)15(19)18-12-4-2-10(8-12)16(20)21/h3,5,9-10,12H,2,4,6-8H2,1H3,(H,18,19)(H,20,21)/t10-,12+/m1/s1. The molecule has 2 N–H and O–H groups in total. The molecule has 0 aliphatic heterocycles. The highest BCUT2D eigenvalue weighted by Crippen LogP contribution is 2.27. The number of rotatable bonds is 7. The van der Waals surface area contributed by atoms with Crippen LogP contribution in [0.2, 0.25) is 5.02 Å². The van der Waals surface area contributed by atoms with Crippen LogP contribution in [0.3, 0.4) is 0 Å². The van der Waals surface area contributed by atoms with Crippen molar-refractivity contribution in [2.75, 3.05) is 20.3 Å². The molecule has 6 nitrogen and oxygen atoms in total. The number of aliphatic carboxylic acids is 1. The van der Waals surface area contributed by atoms with Crippen molar-refractivity contribution in [3.8, 4) is 5.75 Å². The zero-order valence-corrected chi connectivity index (χ0v) is 13.6. The van der Waals surface area contributed by atoms with E-state index >= 15 is 0 Å². The number of benzene rings is 1. The van der Waals surface area contributed by atoms with E-state index in [0.717, 1.165) is 0 Å². The first-order valence-electron chi connectivity index (χ1n) is 7.46. The number of ether oxygens (including phenoxy) is 2. The van der Waals surface area contributed by atoms with E-state index in [4.69, 9.17) is 26.2 Å². The van der Waals surface area contributed by atoms with Crippen molar-refractivity contribution in [1.29, 1.82) is 0 Å². The Kier molecular flexibility index (Phi) is 6.24. The molecule has 0 saturated heterocycles. The number of halogens is 1. The minimum absolute atomic E-state index is 0.144. The summed E-state index contributed by atoms with van der Waals surface area (Å²) in [5.74, 6) is -1.09. The van der Waals surface area contributed by atoms with Gasteiger partial charge in [-0.05, 0) is 37.5 Å². The van der Waals surface area contributed by atoms with Gasteiger partial charge in [0.05, 0.1) is 18.1 Å². The summed E-state index contributed by atoms with van der Waals surface area (Å²) in [7, 11) is 1.57. The van der Waals surface area contributed by atoms with Crippen LogP contribution >= 0.6 is 11.6 Å². The number of hydrogen-bond acceptors (Lipinski definition) is 4. The molecule has 1 fully saturated rings. The average molecular weight is 342 g/mol. The van der Waals surface area contributed by atoms with Crippen molar-refractivity contribution < 1.29 is 24.2 Å². The van der Waals surface area contributed by atoms with Crippen LogP contribution in [0, 0.1) is 5.92 Å². The Labute approximate surface area is 139 Å². The quantitative estimate of drug-likeness (QED) is 0.744. The second kappa shape index (κ2) is 8.17. The molecule has 0 radical (unpaired) electrons. The van der Waals surface area contributed by atoms with Gasteiger partial charge in [0.2, 0.25) is 0 Å². The normalized spacial score (nSPS) is 20.3. The lowest BCUT2D eigenvalue weighted by atomic mass is 10.1. The zero-order valence-electron chi connectivity index (χ0n) is 12.9. The Hall–Kier alpha value is -1.79. The Morgan fingerprint density at radius 1 is 1.35 bits per heavy atom. The van der Waals surface area contributed by atoms with Gasteiger partial charge in [0.25, 0.3) is 5.91 Å². The maximum atomic E-state index is 12.5. The van der Waals surface area contributed by atoms with Crippen LogP contribution in [0.5, 0.6) is 5.75 Å². The first kappa shape index (κ1) is 17.6. The summed E-state index contributed by atoms with van der Waals surface area (Å²) in [6, 6.07) is 4.69. The highest BCUT2D eigenvalue weighted by Gasteiger charge is 2.31. The lowest BCUT2D eigenvalue weighted by Crippen LogP contribution is -2.33. The van der Waals surface area contributed by atoms with Gasteiger partial charge in [-0.25, -0.2) is 0 Å². The fourth-order valence-electron chi connectivity index (χ4n) is 2.64. The molecule has 1 amide bonds. The Bertz CT molecular complexity index is 578. The third-order valence-electron chi connectivity index (χ3n) is 3.85. The van der Waals surface area contributed by atoms with E-state index in [1.807, 2.05) is 0 Å². The van der Waals surface area contributed by atoms with Crippen LogP contribution in [-0.4, -0.2) is 43.3 Å². The van der Waals surface area contributed by atoms with E-state index in [9.17, 15) is 9.59 Å². The monoisotopic (exact) mass is 341 g/mol. The van der Waals surface area contributed by atoms with E-state index in [1.54, 1.807) is 25.3 Å². The number of carboxylic acid groups (broad SMARTS) is 1. The molecule has 23 heavy (non-hydrogen) atoms. The van der Waals surface area contributed by atoms with Crippen molar-refractivity contribution in [1.82, 2.24) is 5.32 Å². The maximum Gasteiger partial charge on any atom is 0.306 e. The smallest absolute Gasteiger partial charge is 0.306 e. The van der Waals surface area contributed by atoms with Crippen LogP contribution in [0.15, 0.2) is 18.2 Å². The summed E-state index contributed by atoms with van der Waals surface area (Å²) in [6.45, 7) is 0.732. The van der Waals surface area contributed by atoms with E-state index in [-0.39, 0.29) is 11.9 Å². The van der Waals surface area contributed by atoms with Gasteiger partial charge in [0.15, 0.2) is 0 Å². The third kappa shape index (κ3) is 4.84. The number of carbonyl (C=O) groups excluding carboxylic acids is 1. The fourth-order valence-corrected chi connectivity index (χ4v) is 2.81. The molecule has 1 aromatic rings. The molecule has 126 valence electrons. The van der Waals surface area contributed by atoms with E-state index in [0.29, 0.717) is 48.8 Å². The summed E-state index contributed by atoms with van der Waals surface area (Å²) in [5.41, 5.74) is 0.340. The second-order valence-corrected chi connectivity index (χ2v) is 5.94. The topological polar surface area (TPSA) is 84.9 Å². The van der Waals surface area contributed by atoms with Gasteiger partial charge in [-0.3, -0.25) is 9.59 Å². The lowest BCUT2D eigenvalue weighted by Gasteiger charge is -2.15. The molecule has 1 aromatic carbocycles. The van der Waals surface area contributed by atoms with Crippen molar-refractivity contribution >= 4 is 23.5 Å². The molecule has 0 heterocycles. The summed E-state index contributed by atoms with van der Waals surface area (Å²) >= 11 is 5.97. The van der Waals surface area contributed by atoms with Gasteiger partial charge >= 0.3 is 5.97 Å². The molecule has 0 bridgehead atoms. The Morgan fingerprint density at radius 3 is 2.78 bits per heavy atom. The highest BCUT2D eigenvalue weighted by atomic mass is 35.5. The van der Waals surface area contributed by atoms with Crippen molar-refractivity contribution in [3.63, 3.8) is 0 Å². The lowest BCUT2D eigenvalue weighted by molar-refractivity contribution is -0.141. The number of methoxy groups -OCH3 is 1. The number of carbonyl (C=O) groups is 2. The molecule has 1 aliphatic rings. The number of carboxylic acids is 1. The molecule has 1 saturated carbocycles. The minimum Gasteiger partial charge on any atom is -0.490 e. The van der Waals surface area contributed by atoms with Crippen molar-refractivity contribution in [3.05, 3.63) is 28.8 Å². The molecular formula is C16H20ClNO5. The van der Waals surface area contributed by atoms with Gasteiger partial charge in [-0.15, -0.1) is 0 Å². The molecular weight excluding hydrogens is 322 g/mol. The van der Waals surface area contributed by atoms with Crippen molar-refractivity contribution in [2.45, 2.75) is 25.3 Å². The first-order chi connectivity index (χ1) is 11.0. The van der Waals surface area contributed by atoms with Crippen LogP contribution in [0.4, 0.5) is 0 Å². The fraction of sp³-hybridized carbons (Fsp3) is 0.500. The number of hydrogen-bond donors (Lipinski definition) is 2. The van der Waals surface area contributed by atoms with Crippen LogP contribution < -0.4 is 10.1 Å². The largest absolute Gasteiger partial charge is 0.490 e. The zero-order chi connectivity index (χ0) is 16.8. The molecule has 2 atom stereocenters. The predicted octanol–water partition coefficient (Wildman–Crippen LogP) is 2.35. The van der Waals surface area contributed by atoms with E-state index < -0.39 is 11.9 Å². The second-order valence-electron chi connectivity index (χ2n) is 5.50. The molecule has 1 aliphatic carbocycles. The van der Waals surface area contributed by atoms with Crippen LogP contribution in [-0.2, 0) is 9.53 Å². The molecule has 0 unspecified atom stereocenters. The Morgan fingerprint density at radius 2 is 2.13 bits per heavy atom. The molecule has 0 aromatic heterocycles. The highest BCUT2D eigenvalue weighted by molar-refractivity contribution is 6.31. The van der Waals surface area contributed by atoms with Crippen molar-refractivity contribution in [2.24, 2.45) is 5.92 Å². The van der Waals surface area contributed by atoms with E-state index in [2.05, 4.69) is 5.32 Å². The number of amides is 1. The van der Waals surface area contributed by atoms with Gasteiger partial charge in [-0.1, -0.05) is 11.6 Å². The maximum absolute atomic E-state index is 12.5. The SMILES string of the molecule is COCCOc1ccc(Cl)cc1C(=O)N[C@H]1CC[C@@H](C(=O)O)C1. The average Bonchev–Trinajstić information content (AvgIpc) is 2.97. The Balaban J connectivity index is 2.03. The molecule has 0 spiro atoms. The van der Waals surface area contributed by atoms with Crippen LogP contribution in [0.1, 0.15) is 29.6 Å². The van der Waals surface area contributed by atoms with Gasteiger partial charge < -0.3 is 19.9 Å². The van der Waals surface area contributed by atoms with Crippen LogP contribution in [0.25, 0.3) is 0 Å². The van der Waals surface area contributed by atoms with Gasteiger partial charge in [0, 0.05) is 18.2 Å². The summed E-state index contributed by atoms with van der Waals surface area (Å²) in [4.78, 5) is 23.4. The minimum atomic E-state index is -0.812. The van der Waals surface area contributed by atoms with Gasteiger partial charge in [-0.2, -0.15) is 0 Å². The molecule has 2 rings (SSSR count). The van der Waals surface area contributed by atoms with Gasteiger partial charge in [0.1, 0.15) is 12.4 Å².